The molecular weight excluding hydrogens is 461 g/mol. The fourth-order valence-corrected chi connectivity index (χ4v) is 12.3. The molecule has 34 heavy (non-hydrogen) atoms. The van der Waals surface area contributed by atoms with E-state index in [9.17, 15) is 8.42 Å². The Kier molecular flexibility index (Phi) is 3.44. The van der Waals surface area contributed by atoms with Gasteiger partial charge in [0, 0.05) is 23.7 Å². The first-order valence-corrected chi connectivity index (χ1v) is 14.0. The highest BCUT2D eigenvalue weighted by Gasteiger charge is 2.92. The van der Waals surface area contributed by atoms with Crippen molar-refractivity contribution >= 4 is 9.84 Å². The molecular formula is C27H25F3O3S. The molecule has 2 aromatic rings. The van der Waals surface area contributed by atoms with E-state index in [1.54, 1.807) is 6.92 Å². The van der Waals surface area contributed by atoms with E-state index in [4.69, 9.17) is 4.74 Å². The van der Waals surface area contributed by atoms with Gasteiger partial charge in [-0.15, -0.1) is 0 Å². The second-order valence-electron chi connectivity index (χ2n) is 11.3. The zero-order valence-corrected chi connectivity index (χ0v) is 19.4. The van der Waals surface area contributed by atoms with Crippen molar-refractivity contribution in [2.24, 2.45) is 23.7 Å². The van der Waals surface area contributed by atoms with Crippen LogP contribution >= 0.6 is 0 Å². The summed E-state index contributed by atoms with van der Waals surface area (Å²) in [6, 6.07) is 15.5. The second kappa shape index (κ2) is 5.75. The first kappa shape index (κ1) is 20.3. The van der Waals surface area contributed by atoms with Crippen LogP contribution in [0.2, 0.25) is 0 Å². The minimum Gasteiger partial charge on any atom is -0.342 e. The van der Waals surface area contributed by atoms with E-state index in [0.29, 0.717) is 12.8 Å². The predicted molar refractivity (Wildman–Crippen MR) is 119 cm³/mol. The van der Waals surface area contributed by atoms with Crippen molar-refractivity contribution in [3.8, 4) is 0 Å². The summed E-state index contributed by atoms with van der Waals surface area (Å²) in [4.78, 5) is -1.77. The third-order valence-corrected chi connectivity index (χ3v) is 13.0. The maximum absolute atomic E-state index is 15.5. The zero-order valence-electron chi connectivity index (χ0n) is 18.6. The molecule has 2 aromatic carbocycles. The fraction of sp³-hybridized carbons (Fsp3) is 0.556. The van der Waals surface area contributed by atoms with Gasteiger partial charge in [0.2, 0.25) is 0 Å². The molecule has 2 saturated heterocycles. The monoisotopic (exact) mass is 486 g/mol. The summed E-state index contributed by atoms with van der Waals surface area (Å²) in [6.07, 6.45) is -3.45. The van der Waals surface area contributed by atoms with Gasteiger partial charge in [-0.3, -0.25) is 0 Å². The van der Waals surface area contributed by atoms with Gasteiger partial charge >= 0.3 is 6.18 Å². The highest BCUT2D eigenvalue weighted by molar-refractivity contribution is 7.92. The summed E-state index contributed by atoms with van der Waals surface area (Å²) in [7, 11) is -3.95. The van der Waals surface area contributed by atoms with Gasteiger partial charge in [0.25, 0.3) is 0 Å². The zero-order chi connectivity index (χ0) is 23.4. The van der Waals surface area contributed by atoms with Crippen LogP contribution in [0.5, 0.6) is 0 Å². The van der Waals surface area contributed by atoms with E-state index in [2.05, 4.69) is 0 Å². The molecule has 0 aromatic heterocycles. The van der Waals surface area contributed by atoms with Crippen LogP contribution in [-0.2, 0) is 14.6 Å². The van der Waals surface area contributed by atoms with E-state index in [-0.39, 0.29) is 29.4 Å². The molecule has 0 radical (unpaired) electrons. The maximum Gasteiger partial charge on any atom is 0.418 e. The maximum atomic E-state index is 15.5. The topological polar surface area (TPSA) is 43.4 Å². The molecule has 6 aliphatic rings. The lowest BCUT2D eigenvalue weighted by Crippen LogP contribution is -2.61. The molecule has 0 spiro atoms. The Labute approximate surface area is 196 Å². The summed E-state index contributed by atoms with van der Waals surface area (Å²) < 4.78 is 80.7. The summed E-state index contributed by atoms with van der Waals surface area (Å²) in [5.41, 5.74) is 1.60. The van der Waals surface area contributed by atoms with Crippen LogP contribution in [0.4, 0.5) is 13.2 Å². The Bertz CT molecular complexity index is 1290. The van der Waals surface area contributed by atoms with Gasteiger partial charge < -0.3 is 4.74 Å². The van der Waals surface area contributed by atoms with E-state index >= 15 is 13.2 Å². The highest BCUT2D eigenvalue weighted by atomic mass is 32.2. The van der Waals surface area contributed by atoms with Gasteiger partial charge in [0.15, 0.2) is 20.4 Å². The smallest absolute Gasteiger partial charge is 0.342 e. The average Bonchev–Trinajstić information content (AvgIpc) is 3.63. The first-order valence-electron chi connectivity index (χ1n) is 12.4. The van der Waals surface area contributed by atoms with Crippen LogP contribution in [0.25, 0.3) is 0 Å². The Morgan fingerprint density at radius 1 is 0.794 bits per heavy atom. The fourth-order valence-electron chi connectivity index (χ4n) is 10.1. The minimum absolute atomic E-state index is 0.202. The summed E-state index contributed by atoms with van der Waals surface area (Å²) in [5, 5.41) is 0. The molecule has 6 bridgehead atoms. The van der Waals surface area contributed by atoms with Gasteiger partial charge in [-0.1, -0.05) is 55.5 Å². The number of rotatable bonds is 2. The van der Waals surface area contributed by atoms with Crippen LogP contribution in [0.3, 0.4) is 0 Å². The Balaban J connectivity index is 1.46. The molecule has 4 aliphatic carbocycles. The van der Waals surface area contributed by atoms with Crippen molar-refractivity contribution in [1.29, 1.82) is 0 Å². The Hall–Kier alpha value is -1.86. The normalized spacial score (nSPS) is 46.5. The summed E-state index contributed by atoms with van der Waals surface area (Å²) in [6.45, 7) is 1.56. The van der Waals surface area contributed by atoms with Crippen LogP contribution in [0.1, 0.15) is 65.7 Å². The number of hydrogen-bond acceptors (Lipinski definition) is 3. The number of halogens is 3. The van der Waals surface area contributed by atoms with E-state index in [1.165, 1.54) is 0 Å². The number of fused-ring (bicyclic) bond motifs is 22. The SMILES string of the molecule is CCS(=O)(=O)C12OC(C(F)(F)F)([C@@H]3C4CC(c5ccccc54)[C@@H]31)[C@H]1C3CC(c4ccccc43)[C@H]12. The molecule has 8 rings (SSSR count). The van der Waals surface area contributed by atoms with Crippen LogP contribution in [-0.4, -0.2) is 30.9 Å². The Morgan fingerprint density at radius 2 is 1.18 bits per heavy atom. The number of ether oxygens (including phenoxy) is 1. The molecule has 7 heteroatoms. The summed E-state index contributed by atoms with van der Waals surface area (Å²) >= 11 is 0. The van der Waals surface area contributed by atoms with Gasteiger partial charge in [-0.05, 0) is 58.8 Å². The van der Waals surface area contributed by atoms with Gasteiger partial charge in [-0.25, -0.2) is 8.42 Å². The van der Waals surface area contributed by atoms with Crippen molar-refractivity contribution in [3.63, 3.8) is 0 Å². The van der Waals surface area contributed by atoms with Crippen molar-refractivity contribution in [2.45, 2.75) is 60.1 Å². The lowest BCUT2D eigenvalue weighted by molar-refractivity contribution is -0.287. The van der Waals surface area contributed by atoms with Gasteiger partial charge in [0.05, 0.1) is 5.75 Å². The van der Waals surface area contributed by atoms with Gasteiger partial charge in [0.1, 0.15) is 0 Å². The number of hydrogen-bond donors (Lipinski definition) is 0. The molecule has 2 heterocycles. The van der Waals surface area contributed by atoms with Crippen molar-refractivity contribution in [3.05, 3.63) is 70.8 Å². The first-order chi connectivity index (χ1) is 16.2. The third-order valence-electron chi connectivity index (χ3n) is 10.7. The largest absolute Gasteiger partial charge is 0.418 e. The third kappa shape index (κ3) is 1.80. The lowest BCUT2D eigenvalue weighted by atomic mass is 9.53. The van der Waals surface area contributed by atoms with Crippen molar-refractivity contribution in [2.75, 3.05) is 5.75 Å². The minimum atomic E-state index is -4.64. The van der Waals surface area contributed by atoms with E-state index < -0.39 is 50.2 Å². The molecule has 3 nitrogen and oxygen atoms in total. The number of sulfone groups is 1. The lowest BCUT2D eigenvalue weighted by Gasteiger charge is -2.51. The second-order valence-corrected chi connectivity index (χ2v) is 13.7. The quantitative estimate of drug-likeness (QED) is 0.563. The average molecular weight is 487 g/mol. The van der Waals surface area contributed by atoms with Gasteiger partial charge in [-0.2, -0.15) is 13.2 Å². The van der Waals surface area contributed by atoms with Crippen molar-refractivity contribution < 1.29 is 26.3 Å². The van der Waals surface area contributed by atoms with Crippen LogP contribution in [0, 0.1) is 23.7 Å². The standard InChI is InChI=1S/C27H25F3O3S/c1-2-34(31,32)26-23-19-11-17(13-7-3-5-9-15(13)19)21(23)25(33-26,27(28,29)30)22-18-12-20(24(22)26)16-10-6-4-8-14(16)18/h3-10,17-24H,2,11-12H2,1H3/t17?,18?,19?,20?,21-,22+,23+,24-,25?,26?. The molecule has 10 atom stereocenters. The molecule has 2 saturated carbocycles. The number of alkyl halides is 3. The predicted octanol–water partition coefficient (Wildman–Crippen LogP) is 5.50. The van der Waals surface area contributed by atoms with Crippen LogP contribution in [0.15, 0.2) is 48.5 Å². The molecule has 0 N–H and O–H groups in total. The molecule has 6 unspecified atom stereocenters. The Morgan fingerprint density at radius 3 is 1.53 bits per heavy atom. The number of benzene rings is 2. The van der Waals surface area contributed by atoms with Crippen LogP contribution < -0.4 is 0 Å². The van der Waals surface area contributed by atoms with E-state index in [1.807, 2.05) is 48.5 Å². The van der Waals surface area contributed by atoms with E-state index in [0.717, 1.165) is 22.3 Å². The highest BCUT2D eigenvalue weighted by Crippen LogP contribution is 2.85. The molecule has 4 fully saturated rings. The molecule has 0 amide bonds. The molecule has 178 valence electrons. The van der Waals surface area contributed by atoms with Crippen molar-refractivity contribution in [1.82, 2.24) is 0 Å². The molecule has 2 aliphatic heterocycles. The summed E-state index contributed by atoms with van der Waals surface area (Å²) in [5.74, 6) is -4.21.